The van der Waals surface area contributed by atoms with E-state index in [0.29, 0.717) is 12.8 Å². The maximum atomic E-state index is 13.6. The number of benzene rings is 1. The molecule has 13 heteroatoms. The van der Waals surface area contributed by atoms with E-state index >= 15 is 0 Å². The van der Waals surface area contributed by atoms with Gasteiger partial charge < -0.3 is 35.1 Å². The zero-order valence-corrected chi connectivity index (χ0v) is 26.9. The minimum atomic E-state index is -1.33. The number of nitrogens with zero attached hydrogens (tertiary/aromatic N) is 1. The van der Waals surface area contributed by atoms with Crippen molar-refractivity contribution in [1.82, 2.24) is 20.9 Å². The summed E-state index contributed by atoms with van der Waals surface area (Å²) in [6.07, 6.45) is 1.00. The number of rotatable bonds is 13. The summed E-state index contributed by atoms with van der Waals surface area (Å²) >= 11 is 0. The Labute approximate surface area is 264 Å². The van der Waals surface area contributed by atoms with Crippen LogP contribution in [0.2, 0.25) is 0 Å². The SMILES string of the molecule is COC(=O)C[C@@H](NC(=O)OC(C)(C)C)C(=O)N1CCC[C@H]1C(=O)N[C@@H](C(=O)NC(C(=O)OCc1ccccc1)C1CC1)C(C)C. The molecule has 1 aliphatic carbocycles. The largest absolute Gasteiger partial charge is 0.469 e. The third kappa shape index (κ3) is 10.8. The molecule has 2 fully saturated rings. The fourth-order valence-electron chi connectivity index (χ4n) is 5.05. The Balaban J connectivity index is 1.67. The molecule has 1 aromatic rings. The molecule has 0 spiro atoms. The molecule has 4 atom stereocenters. The highest BCUT2D eigenvalue weighted by Crippen LogP contribution is 2.33. The molecule has 0 bridgehead atoms. The predicted octanol–water partition coefficient (Wildman–Crippen LogP) is 2.21. The molecule has 2 aliphatic rings. The summed E-state index contributed by atoms with van der Waals surface area (Å²) in [6.45, 7) is 8.79. The van der Waals surface area contributed by atoms with E-state index in [0.717, 1.165) is 25.5 Å². The highest BCUT2D eigenvalue weighted by molar-refractivity contribution is 5.96. The molecular formula is C32H46N4O9. The fraction of sp³-hybridized carbons (Fsp3) is 0.625. The monoisotopic (exact) mass is 630 g/mol. The van der Waals surface area contributed by atoms with E-state index < -0.39 is 71.9 Å². The highest BCUT2D eigenvalue weighted by Gasteiger charge is 2.42. The zero-order chi connectivity index (χ0) is 33.3. The van der Waals surface area contributed by atoms with Gasteiger partial charge in [0.1, 0.15) is 36.4 Å². The molecule has 1 unspecified atom stereocenters. The normalized spacial score (nSPS) is 18.3. The Hall–Kier alpha value is -4.16. The highest BCUT2D eigenvalue weighted by atomic mass is 16.6. The van der Waals surface area contributed by atoms with Crippen LogP contribution in [-0.4, -0.2) is 84.1 Å². The molecule has 13 nitrogen and oxygen atoms in total. The molecular weight excluding hydrogens is 584 g/mol. The number of esters is 2. The van der Waals surface area contributed by atoms with Crippen LogP contribution >= 0.6 is 0 Å². The molecule has 1 saturated carbocycles. The van der Waals surface area contributed by atoms with Gasteiger partial charge in [0.15, 0.2) is 0 Å². The second kappa shape index (κ2) is 15.7. The van der Waals surface area contributed by atoms with Crippen LogP contribution in [0.1, 0.15) is 72.3 Å². The number of likely N-dealkylation sites (tertiary alicyclic amines) is 1. The summed E-state index contributed by atoms with van der Waals surface area (Å²) < 4.78 is 15.4. The lowest BCUT2D eigenvalue weighted by molar-refractivity contribution is -0.150. The third-order valence-electron chi connectivity index (χ3n) is 7.54. The average Bonchev–Trinajstić information content (AvgIpc) is 3.70. The topological polar surface area (TPSA) is 169 Å². The van der Waals surface area contributed by atoms with Gasteiger partial charge in [-0.1, -0.05) is 44.2 Å². The van der Waals surface area contributed by atoms with E-state index in [-0.39, 0.29) is 25.0 Å². The van der Waals surface area contributed by atoms with Crippen LogP contribution in [0.25, 0.3) is 0 Å². The first-order chi connectivity index (χ1) is 21.2. The van der Waals surface area contributed by atoms with Crippen LogP contribution in [0.15, 0.2) is 30.3 Å². The van der Waals surface area contributed by atoms with E-state index in [1.165, 1.54) is 4.90 Å². The molecule has 0 radical (unpaired) electrons. The summed E-state index contributed by atoms with van der Waals surface area (Å²) in [7, 11) is 1.16. The van der Waals surface area contributed by atoms with E-state index in [2.05, 4.69) is 16.0 Å². The third-order valence-corrected chi connectivity index (χ3v) is 7.54. The smallest absolute Gasteiger partial charge is 0.408 e. The van der Waals surface area contributed by atoms with Crippen molar-refractivity contribution in [3.63, 3.8) is 0 Å². The van der Waals surface area contributed by atoms with Gasteiger partial charge in [-0.25, -0.2) is 9.59 Å². The van der Waals surface area contributed by atoms with E-state index in [1.807, 2.05) is 30.3 Å². The van der Waals surface area contributed by atoms with Crippen LogP contribution in [-0.2, 0) is 44.8 Å². The van der Waals surface area contributed by atoms with E-state index in [9.17, 15) is 28.8 Å². The van der Waals surface area contributed by atoms with Crippen molar-refractivity contribution in [3.05, 3.63) is 35.9 Å². The van der Waals surface area contributed by atoms with Gasteiger partial charge in [0, 0.05) is 6.54 Å². The van der Waals surface area contributed by atoms with Crippen LogP contribution in [0.3, 0.4) is 0 Å². The summed E-state index contributed by atoms with van der Waals surface area (Å²) in [5.74, 6) is -3.40. The number of nitrogens with one attached hydrogen (secondary N) is 3. The molecule has 1 aromatic carbocycles. The summed E-state index contributed by atoms with van der Waals surface area (Å²) in [6, 6.07) is 5.11. The predicted molar refractivity (Wildman–Crippen MR) is 162 cm³/mol. The lowest BCUT2D eigenvalue weighted by atomic mass is 10.0. The number of hydrogen-bond acceptors (Lipinski definition) is 9. The Morgan fingerprint density at radius 3 is 2.20 bits per heavy atom. The minimum Gasteiger partial charge on any atom is -0.469 e. The number of alkyl carbamates (subject to hydrolysis) is 1. The van der Waals surface area contributed by atoms with Crippen molar-refractivity contribution in [1.29, 1.82) is 0 Å². The lowest BCUT2D eigenvalue weighted by Gasteiger charge is -2.31. The molecule has 248 valence electrons. The quantitative estimate of drug-likeness (QED) is 0.219. The van der Waals surface area contributed by atoms with Gasteiger partial charge >= 0.3 is 18.0 Å². The number of methoxy groups -OCH3 is 1. The Kier molecular flexibility index (Phi) is 12.3. The van der Waals surface area contributed by atoms with Crippen LogP contribution in [0.4, 0.5) is 4.79 Å². The second-order valence-corrected chi connectivity index (χ2v) is 12.8. The number of hydrogen-bond donors (Lipinski definition) is 3. The lowest BCUT2D eigenvalue weighted by Crippen LogP contribution is -2.59. The van der Waals surface area contributed by atoms with Gasteiger partial charge in [-0.15, -0.1) is 0 Å². The Bertz CT molecular complexity index is 1230. The summed E-state index contributed by atoms with van der Waals surface area (Å²) in [5.41, 5.74) is -0.0207. The molecule has 3 rings (SSSR count). The number of amides is 4. The van der Waals surface area contributed by atoms with E-state index in [1.54, 1.807) is 34.6 Å². The first kappa shape index (κ1) is 35.3. The zero-order valence-electron chi connectivity index (χ0n) is 26.9. The maximum absolute atomic E-state index is 13.6. The first-order valence-corrected chi connectivity index (χ1v) is 15.4. The molecule has 1 aliphatic heterocycles. The van der Waals surface area contributed by atoms with Gasteiger partial charge in [0.05, 0.1) is 13.5 Å². The van der Waals surface area contributed by atoms with Crippen LogP contribution < -0.4 is 16.0 Å². The Morgan fingerprint density at radius 1 is 0.956 bits per heavy atom. The van der Waals surface area contributed by atoms with Crippen molar-refractivity contribution in [2.45, 2.75) is 103 Å². The van der Waals surface area contributed by atoms with Crippen molar-refractivity contribution in [3.8, 4) is 0 Å². The van der Waals surface area contributed by atoms with Gasteiger partial charge in [0.2, 0.25) is 17.7 Å². The second-order valence-electron chi connectivity index (χ2n) is 12.8. The van der Waals surface area contributed by atoms with E-state index in [4.69, 9.17) is 14.2 Å². The standard InChI is InChI=1S/C32H46N4O9/c1-19(2)25(28(39)35-26(21-14-15-21)30(41)44-18-20-11-8-7-9-12-20)34-27(38)23-13-10-16-36(23)29(40)22(17-24(37)43-6)33-31(42)45-32(3,4)5/h7-9,11-12,19,21-23,25-26H,10,13-18H2,1-6H3,(H,33,42)(H,34,38)(H,35,39)/t22-,23+,25-,26?/m1/s1. The van der Waals surface area contributed by atoms with Crippen molar-refractivity contribution in [2.24, 2.45) is 11.8 Å². The van der Waals surface area contributed by atoms with Gasteiger partial charge in [-0.05, 0) is 63.9 Å². The first-order valence-electron chi connectivity index (χ1n) is 15.4. The number of carbonyl (C=O) groups excluding carboxylic acids is 6. The van der Waals surface area contributed by atoms with Crippen molar-refractivity contribution >= 4 is 35.8 Å². The van der Waals surface area contributed by atoms with Crippen LogP contribution in [0, 0.1) is 11.8 Å². The molecule has 1 saturated heterocycles. The summed E-state index contributed by atoms with van der Waals surface area (Å²) in [5, 5.41) is 7.99. The summed E-state index contributed by atoms with van der Waals surface area (Å²) in [4.78, 5) is 79.3. The van der Waals surface area contributed by atoms with Gasteiger partial charge in [-0.2, -0.15) is 0 Å². The Morgan fingerprint density at radius 2 is 1.62 bits per heavy atom. The molecule has 4 amide bonds. The molecule has 0 aromatic heterocycles. The van der Waals surface area contributed by atoms with Crippen molar-refractivity contribution in [2.75, 3.05) is 13.7 Å². The fourth-order valence-corrected chi connectivity index (χ4v) is 5.05. The van der Waals surface area contributed by atoms with Gasteiger partial charge in [0.25, 0.3) is 0 Å². The minimum absolute atomic E-state index is 0.0482. The van der Waals surface area contributed by atoms with Crippen molar-refractivity contribution < 1.29 is 43.0 Å². The maximum Gasteiger partial charge on any atom is 0.408 e. The average molecular weight is 631 g/mol. The molecule has 45 heavy (non-hydrogen) atoms. The number of carbonyl (C=O) groups is 6. The number of ether oxygens (including phenoxy) is 3. The van der Waals surface area contributed by atoms with Gasteiger partial charge in [-0.3, -0.25) is 19.2 Å². The molecule has 1 heterocycles. The molecule has 3 N–H and O–H groups in total. The van der Waals surface area contributed by atoms with Crippen LogP contribution in [0.5, 0.6) is 0 Å².